The maximum absolute atomic E-state index is 10.7. The van der Waals surface area contributed by atoms with Crippen LogP contribution in [0.2, 0.25) is 5.15 Å². The lowest BCUT2D eigenvalue weighted by Crippen LogP contribution is -1.76. The lowest BCUT2D eigenvalue weighted by atomic mass is 10.1. The fraction of sp³-hybridized carbons (Fsp3) is 0.100. The molecule has 1 N–H and O–H groups in total. The van der Waals surface area contributed by atoms with Gasteiger partial charge in [-0.15, -0.1) is 0 Å². The van der Waals surface area contributed by atoms with E-state index in [1.807, 2.05) is 25.1 Å². The number of fused-ring (bicyclic) bond motifs is 1. The van der Waals surface area contributed by atoms with Gasteiger partial charge >= 0.3 is 0 Å². The van der Waals surface area contributed by atoms with Crippen molar-refractivity contribution < 1.29 is 4.79 Å². The highest BCUT2D eigenvalue weighted by molar-refractivity contribution is 6.34. The molecule has 2 aromatic rings. The number of nitrogens with one attached hydrogen (secondary N) is 1. The predicted molar refractivity (Wildman–Crippen MR) is 53.4 cm³/mol. The number of H-pyrrole nitrogens is 1. The average Bonchev–Trinajstić information content (AvgIpc) is 2.39. The van der Waals surface area contributed by atoms with Gasteiger partial charge in [0, 0.05) is 10.9 Å². The number of aryl methyl sites for hydroxylation is 1. The highest BCUT2D eigenvalue weighted by Crippen LogP contribution is 2.24. The van der Waals surface area contributed by atoms with Crippen LogP contribution >= 0.6 is 11.6 Å². The largest absolute Gasteiger partial charge is 0.345 e. The first kappa shape index (κ1) is 8.32. The zero-order chi connectivity index (χ0) is 9.42. The van der Waals surface area contributed by atoms with E-state index < -0.39 is 0 Å². The minimum absolute atomic E-state index is 0.413. The maximum Gasteiger partial charge on any atom is 0.153 e. The summed E-state index contributed by atoms with van der Waals surface area (Å²) in [5.41, 5.74) is 2.59. The Bertz CT molecular complexity index is 473. The minimum Gasteiger partial charge on any atom is -0.345 e. The van der Waals surface area contributed by atoms with Crippen LogP contribution in [-0.4, -0.2) is 11.3 Å². The third-order valence-corrected chi connectivity index (χ3v) is 2.36. The number of aromatic amines is 1. The number of aromatic nitrogens is 1. The molecular formula is C10H8ClNO. The summed E-state index contributed by atoms with van der Waals surface area (Å²) in [5.74, 6) is 0. The zero-order valence-electron chi connectivity index (χ0n) is 7.10. The molecule has 2 nitrogen and oxygen atoms in total. The monoisotopic (exact) mass is 193 g/mol. The molecular weight excluding hydrogens is 186 g/mol. The molecule has 0 saturated carbocycles. The Labute approximate surface area is 80.5 Å². The van der Waals surface area contributed by atoms with Crippen molar-refractivity contribution in [2.75, 3.05) is 0 Å². The molecule has 2 rings (SSSR count). The molecule has 0 unspecified atom stereocenters. The Kier molecular flexibility index (Phi) is 1.85. The molecule has 0 spiro atoms. The summed E-state index contributed by atoms with van der Waals surface area (Å²) in [4.78, 5) is 13.6. The second kappa shape index (κ2) is 2.89. The van der Waals surface area contributed by atoms with Crippen LogP contribution in [0.3, 0.4) is 0 Å². The summed E-state index contributed by atoms with van der Waals surface area (Å²) in [7, 11) is 0. The molecule has 0 aliphatic carbocycles. The normalized spacial score (nSPS) is 10.6. The average molecular weight is 194 g/mol. The Morgan fingerprint density at radius 3 is 2.92 bits per heavy atom. The van der Waals surface area contributed by atoms with Gasteiger partial charge in [0.2, 0.25) is 0 Å². The SMILES string of the molecule is Cc1ccc2c(C=O)c(Cl)[nH]c2c1. The minimum atomic E-state index is 0.413. The Hall–Kier alpha value is -1.28. The van der Waals surface area contributed by atoms with Gasteiger partial charge < -0.3 is 4.98 Å². The lowest BCUT2D eigenvalue weighted by molar-refractivity contribution is 0.112. The number of benzene rings is 1. The third-order valence-electron chi connectivity index (χ3n) is 2.06. The van der Waals surface area contributed by atoms with Gasteiger partial charge in [0.15, 0.2) is 6.29 Å². The van der Waals surface area contributed by atoms with Gasteiger partial charge in [0.05, 0.1) is 5.56 Å². The van der Waals surface area contributed by atoms with Gasteiger partial charge in [0.25, 0.3) is 0 Å². The number of aldehydes is 1. The van der Waals surface area contributed by atoms with Crippen LogP contribution in [0.1, 0.15) is 15.9 Å². The van der Waals surface area contributed by atoms with E-state index in [4.69, 9.17) is 11.6 Å². The summed E-state index contributed by atoms with van der Waals surface area (Å²) in [6, 6.07) is 5.82. The van der Waals surface area contributed by atoms with Crippen molar-refractivity contribution in [3.8, 4) is 0 Å². The third kappa shape index (κ3) is 1.23. The van der Waals surface area contributed by atoms with Crippen LogP contribution in [0.15, 0.2) is 18.2 Å². The van der Waals surface area contributed by atoms with Crippen molar-refractivity contribution in [1.29, 1.82) is 0 Å². The van der Waals surface area contributed by atoms with E-state index in [0.29, 0.717) is 10.7 Å². The number of hydrogen-bond acceptors (Lipinski definition) is 1. The molecule has 0 atom stereocenters. The molecule has 1 aromatic heterocycles. The van der Waals surface area contributed by atoms with Crippen LogP contribution in [0.5, 0.6) is 0 Å². The molecule has 1 aromatic carbocycles. The van der Waals surface area contributed by atoms with E-state index in [2.05, 4.69) is 4.98 Å². The smallest absolute Gasteiger partial charge is 0.153 e. The van der Waals surface area contributed by atoms with Crippen LogP contribution in [0, 0.1) is 6.92 Å². The Balaban J connectivity index is 2.86. The van der Waals surface area contributed by atoms with Gasteiger partial charge in [-0.05, 0) is 18.6 Å². The van der Waals surface area contributed by atoms with Crippen molar-refractivity contribution in [2.45, 2.75) is 6.92 Å². The first-order chi connectivity index (χ1) is 6.22. The fourth-order valence-electron chi connectivity index (χ4n) is 1.42. The number of carbonyl (C=O) groups is 1. The first-order valence-electron chi connectivity index (χ1n) is 3.95. The van der Waals surface area contributed by atoms with Crippen molar-refractivity contribution in [3.63, 3.8) is 0 Å². The van der Waals surface area contributed by atoms with Crippen molar-refractivity contribution in [1.82, 2.24) is 4.98 Å². The molecule has 0 aliphatic rings. The van der Waals surface area contributed by atoms with Gasteiger partial charge in [-0.3, -0.25) is 4.79 Å². The summed E-state index contributed by atoms with van der Waals surface area (Å²) < 4.78 is 0. The summed E-state index contributed by atoms with van der Waals surface area (Å²) >= 11 is 5.83. The highest BCUT2D eigenvalue weighted by atomic mass is 35.5. The Morgan fingerprint density at radius 2 is 2.23 bits per heavy atom. The summed E-state index contributed by atoms with van der Waals surface area (Å²) in [5, 5.41) is 1.29. The highest BCUT2D eigenvalue weighted by Gasteiger charge is 2.07. The number of halogens is 1. The Morgan fingerprint density at radius 1 is 1.46 bits per heavy atom. The fourth-order valence-corrected chi connectivity index (χ4v) is 1.66. The molecule has 0 bridgehead atoms. The van der Waals surface area contributed by atoms with Crippen molar-refractivity contribution in [2.24, 2.45) is 0 Å². The van der Waals surface area contributed by atoms with E-state index >= 15 is 0 Å². The molecule has 66 valence electrons. The molecule has 0 radical (unpaired) electrons. The van der Waals surface area contributed by atoms with E-state index in [0.717, 1.165) is 22.8 Å². The van der Waals surface area contributed by atoms with E-state index in [9.17, 15) is 4.79 Å². The lowest BCUT2D eigenvalue weighted by Gasteiger charge is -1.92. The van der Waals surface area contributed by atoms with Gasteiger partial charge in [-0.1, -0.05) is 23.7 Å². The van der Waals surface area contributed by atoms with Crippen LogP contribution in [0.4, 0.5) is 0 Å². The van der Waals surface area contributed by atoms with Gasteiger partial charge in [0.1, 0.15) is 5.15 Å². The second-order valence-electron chi connectivity index (χ2n) is 3.02. The van der Waals surface area contributed by atoms with E-state index in [1.54, 1.807) is 0 Å². The number of carbonyl (C=O) groups excluding carboxylic acids is 1. The van der Waals surface area contributed by atoms with E-state index in [1.165, 1.54) is 0 Å². The molecule has 0 saturated heterocycles. The number of hydrogen-bond donors (Lipinski definition) is 1. The van der Waals surface area contributed by atoms with Crippen molar-refractivity contribution in [3.05, 3.63) is 34.5 Å². The topological polar surface area (TPSA) is 32.9 Å². The first-order valence-corrected chi connectivity index (χ1v) is 4.33. The maximum atomic E-state index is 10.7. The molecule has 1 heterocycles. The second-order valence-corrected chi connectivity index (χ2v) is 3.40. The van der Waals surface area contributed by atoms with E-state index in [-0.39, 0.29) is 0 Å². The molecule has 13 heavy (non-hydrogen) atoms. The predicted octanol–water partition coefficient (Wildman–Crippen LogP) is 2.94. The van der Waals surface area contributed by atoms with Crippen LogP contribution in [0.25, 0.3) is 10.9 Å². The standard InChI is InChI=1S/C10H8ClNO/c1-6-2-3-7-8(5-13)10(11)12-9(7)4-6/h2-5,12H,1H3. The van der Waals surface area contributed by atoms with Crippen molar-refractivity contribution >= 4 is 28.8 Å². The van der Waals surface area contributed by atoms with Gasteiger partial charge in [-0.25, -0.2) is 0 Å². The summed E-state index contributed by atoms with van der Waals surface area (Å²) in [6.07, 6.45) is 0.774. The molecule has 0 aliphatic heterocycles. The molecule has 0 amide bonds. The quantitative estimate of drug-likeness (QED) is 0.694. The molecule has 3 heteroatoms. The number of rotatable bonds is 1. The van der Waals surface area contributed by atoms with Gasteiger partial charge in [-0.2, -0.15) is 0 Å². The molecule has 0 fully saturated rings. The zero-order valence-corrected chi connectivity index (χ0v) is 7.85. The van der Waals surface area contributed by atoms with Crippen LogP contribution < -0.4 is 0 Å². The summed E-state index contributed by atoms with van der Waals surface area (Å²) in [6.45, 7) is 1.99. The van der Waals surface area contributed by atoms with Crippen LogP contribution in [-0.2, 0) is 0 Å².